The minimum atomic E-state index is -0.0690. The maximum Gasteiger partial charge on any atom is 0.227 e. The van der Waals surface area contributed by atoms with Crippen molar-refractivity contribution in [3.05, 3.63) is 0 Å². The molecule has 3 atom stereocenters. The molecule has 116 valence electrons. The Balaban J connectivity index is 1.91. The molecule has 0 aromatic carbocycles. The Morgan fingerprint density at radius 1 is 1.30 bits per heavy atom. The number of amides is 1. The van der Waals surface area contributed by atoms with Crippen LogP contribution in [-0.4, -0.2) is 50.5 Å². The van der Waals surface area contributed by atoms with Crippen molar-refractivity contribution in [2.24, 2.45) is 5.92 Å². The van der Waals surface area contributed by atoms with Crippen molar-refractivity contribution in [3.8, 4) is 0 Å². The molecule has 5 heteroatoms. The van der Waals surface area contributed by atoms with Crippen molar-refractivity contribution >= 4 is 5.91 Å². The molecule has 0 aliphatic carbocycles. The summed E-state index contributed by atoms with van der Waals surface area (Å²) in [6.07, 6.45) is 3.83. The van der Waals surface area contributed by atoms with Gasteiger partial charge in [0, 0.05) is 18.7 Å². The van der Waals surface area contributed by atoms with Crippen LogP contribution in [0.2, 0.25) is 0 Å². The lowest BCUT2D eigenvalue weighted by Crippen LogP contribution is -2.51. The van der Waals surface area contributed by atoms with Crippen molar-refractivity contribution in [2.75, 3.05) is 26.9 Å². The summed E-state index contributed by atoms with van der Waals surface area (Å²) in [5.74, 6) is 0.0513. The van der Waals surface area contributed by atoms with Crippen LogP contribution < -0.4 is 10.6 Å². The van der Waals surface area contributed by atoms with Gasteiger partial charge >= 0.3 is 0 Å². The zero-order valence-electron chi connectivity index (χ0n) is 12.9. The highest BCUT2D eigenvalue weighted by molar-refractivity contribution is 5.80. The zero-order valence-corrected chi connectivity index (χ0v) is 12.9. The molecule has 0 aromatic rings. The van der Waals surface area contributed by atoms with Gasteiger partial charge in [0.1, 0.15) is 0 Å². The average molecular weight is 284 g/mol. The van der Waals surface area contributed by atoms with E-state index < -0.39 is 0 Å². The first-order valence-corrected chi connectivity index (χ1v) is 7.83. The Hall–Kier alpha value is -0.650. The van der Waals surface area contributed by atoms with Crippen molar-refractivity contribution < 1.29 is 14.3 Å². The molecule has 0 radical (unpaired) electrons. The third-order valence-corrected chi connectivity index (χ3v) is 4.92. The Morgan fingerprint density at radius 3 is 2.70 bits per heavy atom. The fourth-order valence-electron chi connectivity index (χ4n) is 3.30. The number of nitrogens with one attached hydrogen (secondary N) is 2. The predicted octanol–water partition coefficient (Wildman–Crippen LogP) is 1.07. The van der Waals surface area contributed by atoms with Crippen LogP contribution in [0, 0.1) is 5.92 Å². The molecular formula is C15H28N2O3. The van der Waals surface area contributed by atoms with Gasteiger partial charge in [0.25, 0.3) is 0 Å². The van der Waals surface area contributed by atoms with Crippen LogP contribution in [0.25, 0.3) is 0 Å². The van der Waals surface area contributed by atoms with Crippen molar-refractivity contribution in [1.29, 1.82) is 0 Å². The molecule has 0 spiro atoms. The van der Waals surface area contributed by atoms with E-state index in [1.807, 2.05) is 7.05 Å². The molecule has 2 aliphatic rings. The van der Waals surface area contributed by atoms with Crippen LogP contribution in [0.4, 0.5) is 0 Å². The van der Waals surface area contributed by atoms with Crippen LogP contribution >= 0.6 is 0 Å². The first-order chi connectivity index (χ1) is 9.64. The topological polar surface area (TPSA) is 59.6 Å². The van der Waals surface area contributed by atoms with Gasteiger partial charge in [0.2, 0.25) is 5.91 Å². The summed E-state index contributed by atoms with van der Waals surface area (Å²) < 4.78 is 11.4. The third kappa shape index (κ3) is 3.32. The summed E-state index contributed by atoms with van der Waals surface area (Å²) >= 11 is 0. The van der Waals surface area contributed by atoms with E-state index in [-0.39, 0.29) is 29.5 Å². The van der Waals surface area contributed by atoms with Crippen molar-refractivity contribution in [2.45, 2.75) is 57.2 Å². The van der Waals surface area contributed by atoms with Gasteiger partial charge < -0.3 is 20.1 Å². The standard InChI is InChI=1S/C15H28N2O3/c1-4-15(5-2)8-11(6-7-20-15)17-14(18)12-9-19-10-13(12)16-3/h11-13,16H,4-10H2,1-3H3,(H,17,18). The van der Waals surface area contributed by atoms with Crippen LogP contribution in [0.3, 0.4) is 0 Å². The Morgan fingerprint density at radius 2 is 2.05 bits per heavy atom. The maximum absolute atomic E-state index is 12.4. The minimum Gasteiger partial charge on any atom is -0.379 e. The number of carbonyl (C=O) groups excluding carboxylic acids is 1. The second-order valence-corrected chi connectivity index (χ2v) is 5.98. The summed E-state index contributed by atoms with van der Waals surface area (Å²) in [4.78, 5) is 12.4. The molecule has 2 rings (SSSR count). The highest BCUT2D eigenvalue weighted by Gasteiger charge is 2.38. The van der Waals surface area contributed by atoms with Crippen LogP contribution in [-0.2, 0) is 14.3 Å². The highest BCUT2D eigenvalue weighted by Crippen LogP contribution is 2.31. The van der Waals surface area contributed by atoms with Gasteiger partial charge in [0.15, 0.2) is 0 Å². The largest absolute Gasteiger partial charge is 0.379 e. The van der Waals surface area contributed by atoms with E-state index in [1.165, 1.54) is 0 Å². The lowest BCUT2D eigenvalue weighted by Gasteiger charge is -2.40. The van der Waals surface area contributed by atoms with Gasteiger partial charge in [-0.3, -0.25) is 4.79 Å². The summed E-state index contributed by atoms with van der Waals surface area (Å²) in [7, 11) is 1.88. The van der Waals surface area contributed by atoms with Gasteiger partial charge in [0.05, 0.1) is 24.7 Å². The minimum absolute atomic E-state index is 0.0508. The molecule has 2 aliphatic heterocycles. The summed E-state index contributed by atoms with van der Waals surface area (Å²) in [5, 5.41) is 6.37. The molecule has 0 saturated carbocycles. The van der Waals surface area contributed by atoms with Crippen LogP contribution in [0.1, 0.15) is 39.5 Å². The summed E-state index contributed by atoms with van der Waals surface area (Å²) in [6, 6.07) is 0.367. The smallest absolute Gasteiger partial charge is 0.227 e. The molecule has 0 aromatic heterocycles. The third-order valence-electron chi connectivity index (χ3n) is 4.92. The Labute approximate surface area is 121 Å². The number of carbonyl (C=O) groups is 1. The number of hydrogen-bond acceptors (Lipinski definition) is 4. The molecular weight excluding hydrogens is 256 g/mol. The van der Waals surface area contributed by atoms with E-state index in [0.717, 1.165) is 32.3 Å². The summed E-state index contributed by atoms with van der Waals surface area (Å²) in [6.45, 7) is 6.21. The zero-order chi connectivity index (χ0) is 14.6. The molecule has 2 N–H and O–H groups in total. The van der Waals surface area contributed by atoms with Crippen LogP contribution in [0.15, 0.2) is 0 Å². The first-order valence-electron chi connectivity index (χ1n) is 7.83. The van der Waals surface area contributed by atoms with Gasteiger partial charge in [-0.25, -0.2) is 0 Å². The SMILES string of the molecule is CCC1(CC)CC(NC(=O)C2COCC2NC)CCO1. The lowest BCUT2D eigenvalue weighted by atomic mass is 9.85. The Kier molecular flexibility index (Phi) is 5.41. The average Bonchev–Trinajstić information content (AvgIpc) is 2.96. The number of likely N-dealkylation sites (N-methyl/N-ethyl adjacent to an activating group) is 1. The quantitative estimate of drug-likeness (QED) is 0.793. The predicted molar refractivity (Wildman–Crippen MR) is 77.6 cm³/mol. The van der Waals surface area contributed by atoms with E-state index in [1.54, 1.807) is 0 Å². The second-order valence-electron chi connectivity index (χ2n) is 5.98. The number of rotatable bonds is 5. The molecule has 1 amide bonds. The molecule has 5 nitrogen and oxygen atoms in total. The van der Waals surface area contributed by atoms with Crippen molar-refractivity contribution in [1.82, 2.24) is 10.6 Å². The van der Waals surface area contributed by atoms with E-state index in [0.29, 0.717) is 13.2 Å². The van der Waals surface area contributed by atoms with E-state index in [9.17, 15) is 4.79 Å². The number of hydrogen-bond donors (Lipinski definition) is 2. The lowest BCUT2D eigenvalue weighted by molar-refractivity contribution is -0.130. The normalized spacial score (nSPS) is 33.0. The molecule has 2 saturated heterocycles. The molecule has 0 bridgehead atoms. The van der Waals surface area contributed by atoms with Gasteiger partial charge in [-0.05, 0) is 32.7 Å². The van der Waals surface area contributed by atoms with E-state index >= 15 is 0 Å². The van der Waals surface area contributed by atoms with E-state index in [4.69, 9.17) is 9.47 Å². The number of ether oxygens (including phenoxy) is 2. The van der Waals surface area contributed by atoms with Gasteiger partial charge in [-0.1, -0.05) is 13.8 Å². The fraction of sp³-hybridized carbons (Fsp3) is 0.933. The molecule has 2 fully saturated rings. The summed E-state index contributed by atoms with van der Waals surface area (Å²) in [5.41, 5.74) is -0.0508. The molecule has 3 unspecified atom stereocenters. The van der Waals surface area contributed by atoms with Crippen molar-refractivity contribution in [3.63, 3.8) is 0 Å². The van der Waals surface area contributed by atoms with Gasteiger partial charge in [-0.15, -0.1) is 0 Å². The second kappa shape index (κ2) is 6.87. The highest BCUT2D eigenvalue weighted by atomic mass is 16.5. The van der Waals surface area contributed by atoms with Crippen LogP contribution in [0.5, 0.6) is 0 Å². The monoisotopic (exact) mass is 284 g/mol. The van der Waals surface area contributed by atoms with E-state index in [2.05, 4.69) is 24.5 Å². The fourth-order valence-corrected chi connectivity index (χ4v) is 3.30. The molecule has 20 heavy (non-hydrogen) atoms. The molecule has 2 heterocycles. The Bertz CT molecular complexity index is 331. The maximum atomic E-state index is 12.4. The van der Waals surface area contributed by atoms with Gasteiger partial charge in [-0.2, -0.15) is 0 Å². The first kappa shape index (κ1) is 15.7.